The number of rotatable bonds is 3. The maximum Gasteiger partial charge on any atom is 0.263 e. The fourth-order valence-corrected chi connectivity index (χ4v) is 2.90. The van der Waals surface area contributed by atoms with E-state index in [1.807, 2.05) is 22.4 Å². The summed E-state index contributed by atoms with van der Waals surface area (Å²) in [6, 6.07) is 3.73. The van der Waals surface area contributed by atoms with Gasteiger partial charge in [-0.15, -0.1) is 11.3 Å². The van der Waals surface area contributed by atoms with Crippen molar-refractivity contribution in [1.82, 2.24) is 15.3 Å². The standard InChI is InChI=1S/C13H19N3O2S/c1-15(2)14-12(17)10-5-7-16(8-6-10)13(18)11-4-3-9-19-11/h3-4,9-10H,5-8H2,1-2H3,(H,14,17). The number of carbonyl (C=O) groups is 2. The summed E-state index contributed by atoms with van der Waals surface area (Å²) in [5.41, 5.74) is 2.78. The molecule has 2 heterocycles. The lowest BCUT2D eigenvalue weighted by atomic mass is 9.96. The Labute approximate surface area is 117 Å². The molecule has 0 atom stereocenters. The number of likely N-dealkylation sites (tertiary alicyclic amines) is 1. The molecular formula is C13H19N3O2S. The second kappa shape index (κ2) is 6.16. The van der Waals surface area contributed by atoms with Crippen molar-refractivity contribution in [2.45, 2.75) is 12.8 Å². The normalized spacial score (nSPS) is 16.7. The van der Waals surface area contributed by atoms with Crippen LogP contribution < -0.4 is 5.43 Å². The number of amides is 2. The van der Waals surface area contributed by atoms with Gasteiger partial charge in [-0.05, 0) is 24.3 Å². The minimum Gasteiger partial charge on any atom is -0.338 e. The molecular weight excluding hydrogens is 262 g/mol. The number of nitrogens with zero attached hydrogens (tertiary/aromatic N) is 2. The monoisotopic (exact) mass is 281 g/mol. The van der Waals surface area contributed by atoms with Crippen LogP contribution in [-0.2, 0) is 4.79 Å². The van der Waals surface area contributed by atoms with Gasteiger partial charge in [0.05, 0.1) is 4.88 Å². The first-order valence-corrected chi connectivity index (χ1v) is 7.26. The first-order chi connectivity index (χ1) is 9.08. The fraction of sp³-hybridized carbons (Fsp3) is 0.538. The van der Waals surface area contributed by atoms with Gasteiger partial charge in [0.2, 0.25) is 5.91 Å². The Morgan fingerprint density at radius 1 is 1.37 bits per heavy atom. The van der Waals surface area contributed by atoms with Gasteiger partial charge in [-0.25, -0.2) is 5.01 Å². The van der Waals surface area contributed by atoms with E-state index in [2.05, 4.69) is 5.43 Å². The van der Waals surface area contributed by atoms with Gasteiger partial charge in [-0.2, -0.15) is 0 Å². The lowest BCUT2D eigenvalue weighted by molar-refractivity contribution is -0.130. The quantitative estimate of drug-likeness (QED) is 0.847. The molecule has 104 valence electrons. The maximum atomic E-state index is 12.1. The van der Waals surface area contributed by atoms with Crippen molar-refractivity contribution in [3.8, 4) is 0 Å². The first-order valence-electron chi connectivity index (χ1n) is 6.38. The van der Waals surface area contributed by atoms with E-state index in [0.29, 0.717) is 13.1 Å². The van der Waals surface area contributed by atoms with Crippen LogP contribution in [0.1, 0.15) is 22.5 Å². The summed E-state index contributed by atoms with van der Waals surface area (Å²) in [7, 11) is 3.60. The number of carbonyl (C=O) groups excluding carboxylic acids is 2. The highest BCUT2D eigenvalue weighted by Gasteiger charge is 2.28. The highest BCUT2D eigenvalue weighted by molar-refractivity contribution is 7.12. The second-order valence-electron chi connectivity index (χ2n) is 4.91. The van der Waals surface area contributed by atoms with Gasteiger partial charge in [0.1, 0.15) is 0 Å². The molecule has 2 amide bonds. The van der Waals surface area contributed by atoms with Crippen LogP contribution in [0.2, 0.25) is 0 Å². The van der Waals surface area contributed by atoms with Gasteiger partial charge in [-0.3, -0.25) is 15.0 Å². The minimum absolute atomic E-state index is 0.00906. The lowest BCUT2D eigenvalue weighted by Gasteiger charge is -2.31. The SMILES string of the molecule is CN(C)NC(=O)C1CCN(C(=O)c2cccs2)CC1. The smallest absolute Gasteiger partial charge is 0.263 e. The van der Waals surface area contributed by atoms with Crippen LogP contribution in [-0.4, -0.2) is 48.9 Å². The molecule has 2 rings (SSSR count). The number of hydrogen-bond acceptors (Lipinski definition) is 4. The van der Waals surface area contributed by atoms with Crippen LogP contribution in [0.15, 0.2) is 17.5 Å². The van der Waals surface area contributed by atoms with Crippen molar-refractivity contribution in [3.05, 3.63) is 22.4 Å². The molecule has 6 heteroatoms. The lowest BCUT2D eigenvalue weighted by Crippen LogP contribution is -2.45. The fourth-order valence-electron chi connectivity index (χ4n) is 2.21. The molecule has 0 radical (unpaired) electrons. The molecule has 0 aromatic carbocycles. The molecule has 1 N–H and O–H groups in total. The Bertz CT molecular complexity index is 437. The molecule has 1 aliphatic rings. The van der Waals surface area contributed by atoms with Crippen LogP contribution >= 0.6 is 11.3 Å². The van der Waals surface area contributed by atoms with E-state index >= 15 is 0 Å². The van der Waals surface area contributed by atoms with Crippen LogP contribution in [0, 0.1) is 5.92 Å². The number of nitrogens with one attached hydrogen (secondary N) is 1. The molecule has 19 heavy (non-hydrogen) atoms. The van der Waals surface area contributed by atoms with E-state index in [1.54, 1.807) is 19.1 Å². The predicted molar refractivity (Wildman–Crippen MR) is 74.8 cm³/mol. The maximum absolute atomic E-state index is 12.1. The van der Waals surface area contributed by atoms with Gasteiger partial charge in [-0.1, -0.05) is 6.07 Å². The first kappa shape index (κ1) is 14.0. The number of piperidine rings is 1. The van der Waals surface area contributed by atoms with Gasteiger partial charge < -0.3 is 4.90 Å². The molecule has 1 saturated heterocycles. The Kier molecular flexibility index (Phi) is 4.55. The van der Waals surface area contributed by atoms with E-state index in [9.17, 15) is 9.59 Å². The zero-order valence-corrected chi connectivity index (χ0v) is 12.1. The molecule has 5 nitrogen and oxygen atoms in total. The Hall–Kier alpha value is -1.40. The van der Waals surface area contributed by atoms with Crippen molar-refractivity contribution >= 4 is 23.2 Å². The number of thiophene rings is 1. The molecule has 1 fully saturated rings. The zero-order chi connectivity index (χ0) is 13.8. The van der Waals surface area contributed by atoms with Crippen molar-refractivity contribution in [2.75, 3.05) is 27.2 Å². The average Bonchev–Trinajstić information content (AvgIpc) is 2.91. The Morgan fingerprint density at radius 3 is 2.58 bits per heavy atom. The van der Waals surface area contributed by atoms with Crippen molar-refractivity contribution in [2.24, 2.45) is 5.92 Å². The molecule has 1 aromatic rings. The van der Waals surface area contributed by atoms with Gasteiger partial charge in [0.15, 0.2) is 0 Å². The predicted octanol–water partition coefficient (Wildman–Crippen LogP) is 1.19. The van der Waals surface area contributed by atoms with E-state index in [0.717, 1.165) is 17.7 Å². The number of hydrogen-bond donors (Lipinski definition) is 1. The Morgan fingerprint density at radius 2 is 2.05 bits per heavy atom. The average molecular weight is 281 g/mol. The zero-order valence-electron chi connectivity index (χ0n) is 11.3. The van der Waals surface area contributed by atoms with E-state index in [1.165, 1.54) is 11.3 Å². The van der Waals surface area contributed by atoms with Crippen molar-refractivity contribution < 1.29 is 9.59 Å². The molecule has 1 aliphatic heterocycles. The molecule has 0 unspecified atom stereocenters. The highest BCUT2D eigenvalue weighted by Crippen LogP contribution is 2.20. The van der Waals surface area contributed by atoms with Crippen LogP contribution in [0.5, 0.6) is 0 Å². The Balaban J connectivity index is 1.86. The third kappa shape index (κ3) is 3.54. The summed E-state index contributed by atoms with van der Waals surface area (Å²) in [6.07, 6.45) is 1.47. The molecule has 0 aliphatic carbocycles. The minimum atomic E-state index is 0.00906. The largest absolute Gasteiger partial charge is 0.338 e. The summed E-state index contributed by atoms with van der Waals surface area (Å²) in [5, 5.41) is 3.57. The summed E-state index contributed by atoms with van der Waals surface area (Å²) < 4.78 is 0. The highest BCUT2D eigenvalue weighted by atomic mass is 32.1. The van der Waals surface area contributed by atoms with Gasteiger partial charge >= 0.3 is 0 Å². The third-order valence-corrected chi connectivity index (χ3v) is 4.08. The summed E-state index contributed by atoms with van der Waals surface area (Å²) in [6.45, 7) is 1.31. The number of hydrazine groups is 1. The summed E-state index contributed by atoms with van der Waals surface area (Å²) in [4.78, 5) is 26.6. The second-order valence-corrected chi connectivity index (χ2v) is 5.86. The summed E-state index contributed by atoms with van der Waals surface area (Å²) in [5.74, 6) is 0.143. The van der Waals surface area contributed by atoms with Crippen LogP contribution in [0.3, 0.4) is 0 Å². The molecule has 0 saturated carbocycles. The van der Waals surface area contributed by atoms with Crippen molar-refractivity contribution in [1.29, 1.82) is 0 Å². The molecule has 1 aromatic heterocycles. The van der Waals surface area contributed by atoms with E-state index < -0.39 is 0 Å². The third-order valence-electron chi connectivity index (χ3n) is 3.22. The van der Waals surface area contributed by atoms with E-state index in [4.69, 9.17) is 0 Å². The van der Waals surface area contributed by atoms with Crippen LogP contribution in [0.25, 0.3) is 0 Å². The van der Waals surface area contributed by atoms with Crippen molar-refractivity contribution in [3.63, 3.8) is 0 Å². The van der Waals surface area contributed by atoms with Gasteiger partial charge in [0.25, 0.3) is 5.91 Å². The summed E-state index contributed by atoms with van der Waals surface area (Å²) >= 11 is 1.46. The molecule has 0 spiro atoms. The van der Waals surface area contributed by atoms with Gasteiger partial charge in [0, 0.05) is 33.1 Å². The van der Waals surface area contributed by atoms with Crippen LogP contribution in [0.4, 0.5) is 0 Å². The topological polar surface area (TPSA) is 52.7 Å². The van der Waals surface area contributed by atoms with E-state index in [-0.39, 0.29) is 17.7 Å². The molecule has 0 bridgehead atoms.